The zero-order valence-corrected chi connectivity index (χ0v) is 11.9. The van der Waals surface area contributed by atoms with Gasteiger partial charge in [-0.25, -0.2) is 0 Å². The van der Waals surface area contributed by atoms with Gasteiger partial charge in [-0.3, -0.25) is 9.59 Å². The van der Waals surface area contributed by atoms with Crippen molar-refractivity contribution in [2.24, 2.45) is 0 Å². The van der Waals surface area contributed by atoms with E-state index in [1.165, 1.54) is 6.07 Å². The maximum Gasteiger partial charge on any atom is 0.254 e. The maximum absolute atomic E-state index is 12.3. The number of H-pyrrole nitrogens is 1. The number of pyridine rings is 1. The van der Waals surface area contributed by atoms with Gasteiger partial charge < -0.3 is 14.4 Å². The topological polar surface area (TPSA) is 92.1 Å². The molecular formula is C14H16N4O3. The zero-order chi connectivity index (χ0) is 15.0. The number of aromatic nitrogens is 3. The average Bonchev–Trinajstić information content (AvgIpc) is 2.82. The monoisotopic (exact) mass is 288 g/mol. The normalized spacial score (nSPS) is 15.0. The smallest absolute Gasteiger partial charge is 0.254 e. The maximum atomic E-state index is 12.3. The van der Waals surface area contributed by atoms with Crippen molar-refractivity contribution in [3.8, 4) is 0 Å². The number of likely N-dealkylation sites (tertiary alicyclic amines) is 1. The molecule has 0 atom stereocenters. The first-order chi connectivity index (χ1) is 10.1. The van der Waals surface area contributed by atoms with E-state index in [2.05, 4.69) is 15.1 Å². The van der Waals surface area contributed by atoms with Gasteiger partial charge in [-0.05, 0) is 19.4 Å². The zero-order valence-electron chi connectivity index (χ0n) is 11.9. The van der Waals surface area contributed by atoms with Crippen molar-refractivity contribution in [1.29, 1.82) is 0 Å². The summed E-state index contributed by atoms with van der Waals surface area (Å²) < 4.78 is 5.10. The van der Waals surface area contributed by atoms with Crippen LogP contribution in [0.25, 0.3) is 0 Å². The standard InChI is InChI=1S/C14H16N4O3/c1-3-11-4-9(5-12(19)16-11)14(20)18-6-10(7-18)13-15-8(2)17-21-13/h4-5,10H,3,6-7H2,1-2H3,(H,16,19). The second-order valence-electron chi connectivity index (χ2n) is 5.20. The van der Waals surface area contributed by atoms with Crippen LogP contribution < -0.4 is 5.56 Å². The Morgan fingerprint density at radius 3 is 2.86 bits per heavy atom. The molecule has 0 spiro atoms. The van der Waals surface area contributed by atoms with E-state index in [-0.39, 0.29) is 17.4 Å². The fraction of sp³-hybridized carbons (Fsp3) is 0.429. The van der Waals surface area contributed by atoms with Gasteiger partial charge in [0, 0.05) is 30.4 Å². The Hall–Kier alpha value is -2.44. The highest BCUT2D eigenvalue weighted by Gasteiger charge is 2.35. The number of amides is 1. The first kappa shape index (κ1) is 13.5. The molecule has 3 heterocycles. The minimum absolute atomic E-state index is 0.0859. The Morgan fingerprint density at radius 1 is 1.48 bits per heavy atom. The van der Waals surface area contributed by atoms with Crippen LogP contribution in [0, 0.1) is 6.92 Å². The summed E-state index contributed by atoms with van der Waals surface area (Å²) in [4.78, 5) is 32.4. The number of nitrogens with one attached hydrogen (secondary N) is 1. The van der Waals surface area contributed by atoms with Crippen molar-refractivity contribution in [2.45, 2.75) is 26.2 Å². The number of aryl methyl sites for hydroxylation is 2. The predicted octanol–water partition coefficient (Wildman–Crippen LogP) is 0.868. The molecule has 3 rings (SSSR count). The molecule has 110 valence electrons. The lowest BCUT2D eigenvalue weighted by Gasteiger charge is -2.37. The van der Waals surface area contributed by atoms with Crippen molar-refractivity contribution in [1.82, 2.24) is 20.0 Å². The van der Waals surface area contributed by atoms with Crippen LogP contribution in [0.4, 0.5) is 0 Å². The van der Waals surface area contributed by atoms with Crippen LogP contribution in [-0.4, -0.2) is 39.0 Å². The summed E-state index contributed by atoms with van der Waals surface area (Å²) in [6.07, 6.45) is 0.681. The Kier molecular flexibility index (Phi) is 3.32. The Labute approximate surface area is 121 Å². The van der Waals surface area contributed by atoms with E-state index < -0.39 is 0 Å². The highest BCUT2D eigenvalue weighted by atomic mass is 16.5. The van der Waals surface area contributed by atoms with Crippen LogP contribution in [0.15, 0.2) is 21.5 Å². The van der Waals surface area contributed by atoms with Crippen molar-refractivity contribution >= 4 is 5.91 Å². The van der Waals surface area contributed by atoms with Gasteiger partial charge in [-0.1, -0.05) is 12.1 Å². The van der Waals surface area contributed by atoms with Gasteiger partial charge in [-0.15, -0.1) is 0 Å². The van der Waals surface area contributed by atoms with E-state index in [4.69, 9.17) is 4.52 Å². The van der Waals surface area contributed by atoms with Gasteiger partial charge in [0.15, 0.2) is 5.82 Å². The van der Waals surface area contributed by atoms with Crippen molar-refractivity contribution < 1.29 is 9.32 Å². The van der Waals surface area contributed by atoms with E-state index in [1.807, 2.05) is 6.92 Å². The second kappa shape index (κ2) is 5.16. The van der Waals surface area contributed by atoms with E-state index in [0.29, 0.717) is 36.8 Å². The lowest BCUT2D eigenvalue weighted by Crippen LogP contribution is -2.48. The summed E-state index contributed by atoms with van der Waals surface area (Å²) in [5.74, 6) is 1.11. The summed E-state index contributed by atoms with van der Waals surface area (Å²) in [5.41, 5.74) is 0.938. The largest absolute Gasteiger partial charge is 0.339 e. The Morgan fingerprint density at radius 2 is 2.24 bits per heavy atom. The van der Waals surface area contributed by atoms with Gasteiger partial charge in [0.05, 0.1) is 5.92 Å². The highest BCUT2D eigenvalue weighted by Crippen LogP contribution is 2.26. The predicted molar refractivity (Wildman–Crippen MR) is 74.1 cm³/mol. The third kappa shape index (κ3) is 2.58. The summed E-state index contributed by atoms with van der Waals surface area (Å²) in [5, 5.41) is 3.75. The van der Waals surface area contributed by atoms with Crippen LogP contribution >= 0.6 is 0 Å². The summed E-state index contributed by atoms with van der Waals surface area (Å²) in [6.45, 7) is 4.76. The van der Waals surface area contributed by atoms with E-state index in [9.17, 15) is 9.59 Å². The molecule has 0 unspecified atom stereocenters. The minimum Gasteiger partial charge on any atom is -0.339 e. The summed E-state index contributed by atoms with van der Waals surface area (Å²) >= 11 is 0. The van der Waals surface area contributed by atoms with Crippen molar-refractivity contribution in [2.75, 3.05) is 13.1 Å². The minimum atomic E-state index is -0.248. The van der Waals surface area contributed by atoms with Crippen molar-refractivity contribution in [3.63, 3.8) is 0 Å². The third-order valence-electron chi connectivity index (χ3n) is 3.59. The molecule has 0 radical (unpaired) electrons. The van der Waals surface area contributed by atoms with Gasteiger partial charge in [0.2, 0.25) is 11.4 Å². The lowest BCUT2D eigenvalue weighted by atomic mass is 9.98. The molecule has 2 aromatic rings. The first-order valence-electron chi connectivity index (χ1n) is 6.89. The molecule has 0 aliphatic carbocycles. The SMILES string of the molecule is CCc1cc(C(=O)N2CC(c3nc(C)no3)C2)cc(=O)[nH]1. The van der Waals surface area contributed by atoms with Crippen molar-refractivity contribution in [3.05, 3.63) is 45.5 Å². The number of carbonyl (C=O) groups excluding carboxylic acids is 1. The molecule has 2 aromatic heterocycles. The third-order valence-corrected chi connectivity index (χ3v) is 3.59. The summed E-state index contributed by atoms with van der Waals surface area (Å²) in [6, 6.07) is 3.07. The molecule has 0 bridgehead atoms. The fourth-order valence-electron chi connectivity index (χ4n) is 2.38. The number of rotatable bonds is 3. The molecule has 7 heteroatoms. The van der Waals surface area contributed by atoms with E-state index in [0.717, 1.165) is 5.69 Å². The molecule has 0 aromatic carbocycles. The number of hydrogen-bond donors (Lipinski definition) is 1. The molecular weight excluding hydrogens is 272 g/mol. The number of hydrogen-bond acceptors (Lipinski definition) is 5. The van der Waals surface area contributed by atoms with E-state index >= 15 is 0 Å². The molecule has 1 aliphatic rings. The second-order valence-corrected chi connectivity index (χ2v) is 5.20. The molecule has 1 fully saturated rings. The fourth-order valence-corrected chi connectivity index (χ4v) is 2.38. The highest BCUT2D eigenvalue weighted by molar-refractivity contribution is 5.94. The average molecular weight is 288 g/mol. The first-order valence-corrected chi connectivity index (χ1v) is 6.89. The number of carbonyl (C=O) groups is 1. The van der Waals surface area contributed by atoms with Crippen LogP contribution in [-0.2, 0) is 6.42 Å². The Bertz CT molecular complexity index is 728. The van der Waals surface area contributed by atoms with Crippen LogP contribution in [0.2, 0.25) is 0 Å². The molecule has 1 N–H and O–H groups in total. The van der Waals surface area contributed by atoms with Gasteiger partial charge in [-0.2, -0.15) is 4.98 Å². The molecule has 1 aliphatic heterocycles. The Balaban J connectivity index is 1.71. The van der Waals surface area contributed by atoms with Gasteiger partial charge >= 0.3 is 0 Å². The summed E-state index contributed by atoms with van der Waals surface area (Å²) in [7, 11) is 0. The van der Waals surface area contributed by atoms with Gasteiger partial charge in [0.25, 0.3) is 5.91 Å². The van der Waals surface area contributed by atoms with Crippen LogP contribution in [0.1, 0.15) is 40.6 Å². The van der Waals surface area contributed by atoms with E-state index in [1.54, 1.807) is 17.9 Å². The quantitative estimate of drug-likeness (QED) is 0.904. The molecule has 21 heavy (non-hydrogen) atoms. The molecule has 1 saturated heterocycles. The number of aromatic amines is 1. The molecule has 1 amide bonds. The molecule has 0 saturated carbocycles. The number of nitrogens with zero attached hydrogens (tertiary/aromatic N) is 3. The van der Waals surface area contributed by atoms with Gasteiger partial charge in [0.1, 0.15) is 0 Å². The lowest BCUT2D eigenvalue weighted by molar-refractivity contribution is 0.0569. The van der Waals surface area contributed by atoms with Crippen LogP contribution in [0.5, 0.6) is 0 Å². The molecule has 7 nitrogen and oxygen atoms in total. The van der Waals surface area contributed by atoms with Crippen LogP contribution in [0.3, 0.4) is 0 Å².